The van der Waals surface area contributed by atoms with Crippen molar-refractivity contribution in [2.45, 2.75) is 53.4 Å². The maximum Gasteiger partial charge on any atom is 0.295 e. The molecular weight excluding hydrogens is 528 g/mol. The number of carbonyl (C=O) groups is 2. The van der Waals surface area contributed by atoms with E-state index >= 15 is 0 Å². The summed E-state index contributed by atoms with van der Waals surface area (Å²) in [7, 11) is 3.86. The average Bonchev–Trinajstić information content (AvgIpc) is 3.15. The maximum absolute atomic E-state index is 13.6. The van der Waals surface area contributed by atoms with E-state index in [4.69, 9.17) is 16.3 Å². The third-order valence-corrected chi connectivity index (χ3v) is 7.37. The molecule has 1 aromatic heterocycles. The number of carbonyl (C=O) groups excluding carboxylic acids is 2. The summed E-state index contributed by atoms with van der Waals surface area (Å²) in [6.07, 6.45) is 1.48. The van der Waals surface area contributed by atoms with E-state index in [2.05, 4.69) is 17.1 Å². The molecule has 1 amide bonds. The van der Waals surface area contributed by atoms with E-state index in [1.807, 2.05) is 69.9 Å². The Balaban J connectivity index is 1.77. The van der Waals surface area contributed by atoms with Crippen molar-refractivity contribution in [2.24, 2.45) is 12.5 Å². The molecule has 0 atom stereocenters. The van der Waals surface area contributed by atoms with Gasteiger partial charge in [0.2, 0.25) is 5.91 Å². The molecule has 9 heteroatoms. The minimum atomic E-state index is -0.486. The maximum atomic E-state index is 13.6. The van der Waals surface area contributed by atoms with E-state index in [1.54, 1.807) is 22.9 Å². The van der Waals surface area contributed by atoms with Gasteiger partial charge in [0.05, 0.1) is 23.6 Å². The number of benzene rings is 2. The Morgan fingerprint density at radius 2 is 1.80 bits per heavy atom. The van der Waals surface area contributed by atoms with E-state index in [0.29, 0.717) is 41.5 Å². The van der Waals surface area contributed by atoms with Gasteiger partial charge in [-0.3, -0.25) is 19.1 Å². The Hall–Kier alpha value is -3.36. The van der Waals surface area contributed by atoms with Crippen LogP contribution >= 0.6 is 11.6 Å². The van der Waals surface area contributed by atoms with Crippen LogP contribution in [0.1, 0.15) is 63.0 Å². The van der Waals surface area contributed by atoms with Gasteiger partial charge in [0.1, 0.15) is 11.4 Å². The minimum Gasteiger partial charge on any atom is -0.493 e. The number of halogens is 1. The molecule has 0 aliphatic carbocycles. The van der Waals surface area contributed by atoms with Crippen LogP contribution in [0.15, 0.2) is 53.3 Å². The van der Waals surface area contributed by atoms with E-state index < -0.39 is 5.41 Å². The third-order valence-electron chi connectivity index (χ3n) is 7.13. The molecular formula is C31H41ClN4O4. The molecule has 216 valence electrons. The second-order valence-corrected chi connectivity index (χ2v) is 11.3. The first-order chi connectivity index (χ1) is 19.0. The Morgan fingerprint density at radius 3 is 2.45 bits per heavy atom. The fourth-order valence-corrected chi connectivity index (χ4v) is 4.84. The summed E-state index contributed by atoms with van der Waals surface area (Å²) in [6.45, 7) is 9.90. The normalized spacial score (nSPS) is 11.6. The molecule has 0 aliphatic heterocycles. The van der Waals surface area contributed by atoms with Gasteiger partial charge in [0.15, 0.2) is 5.78 Å². The van der Waals surface area contributed by atoms with Gasteiger partial charge in [-0.1, -0.05) is 50.6 Å². The number of hydrogen-bond acceptors (Lipinski definition) is 5. The van der Waals surface area contributed by atoms with Crippen LogP contribution in [0, 0.1) is 5.41 Å². The molecule has 0 saturated heterocycles. The number of nitrogens with one attached hydrogen (secondary N) is 1. The molecule has 8 nitrogen and oxygen atoms in total. The Morgan fingerprint density at radius 1 is 1.10 bits per heavy atom. The first-order valence-electron chi connectivity index (χ1n) is 13.8. The highest BCUT2D eigenvalue weighted by molar-refractivity contribution is 6.31. The van der Waals surface area contributed by atoms with Gasteiger partial charge < -0.3 is 15.0 Å². The van der Waals surface area contributed by atoms with E-state index in [1.165, 1.54) is 0 Å². The predicted molar refractivity (Wildman–Crippen MR) is 161 cm³/mol. The number of amides is 1. The topological polar surface area (TPSA) is 85.6 Å². The summed E-state index contributed by atoms with van der Waals surface area (Å²) in [5.41, 5.74) is 1.48. The zero-order chi connectivity index (χ0) is 29.4. The number of likely N-dealkylation sites (N-methyl/N-ethyl adjacent to an activating group) is 1. The number of para-hydroxylation sites is 1. The monoisotopic (exact) mass is 568 g/mol. The van der Waals surface area contributed by atoms with Crippen molar-refractivity contribution in [2.75, 3.05) is 32.1 Å². The van der Waals surface area contributed by atoms with Crippen LogP contribution in [0.5, 0.6) is 5.75 Å². The Kier molecular flexibility index (Phi) is 10.8. The second-order valence-electron chi connectivity index (χ2n) is 10.8. The van der Waals surface area contributed by atoms with E-state index in [9.17, 15) is 14.4 Å². The molecule has 0 bridgehead atoms. The highest BCUT2D eigenvalue weighted by Crippen LogP contribution is 2.31. The highest BCUT2D eigenvalue weighted by Gasteiger charge is 2.27. The van der Waals surface area contributed by atoms with Crippen molar-refractivity contribution >= 4 is 29.0 Å². The number of aromatic nitrogens is 2. The molecule has 3 aromatic rings. The SMILES string of the molecule is CCOc1ccc(Cl)cc1C(=O)CCC(C)(C)CC(=O)Nc1c(CCN(C)CC)n(C)n(-c2ccccc2)c1=O. The number of hydrogen-bond donors (Lipinski definition) is 1. The Bertz CT molecular complexity index is 1380. The highest BCUT2D eigenvalue weighted by atomic mass is 35.5. The third kappa shape index (κ3) is 7.86. The van der Waals surface area contributed by atoms with Crippen molar-refractivity contribution < 1.29 is 14.3 Å². The van der Waals surface area contributed by atoms with Crippen molar-refractivity contribution in [3.63, 3.8) is 0 Å². The standard InChI is InChI=1S/C31H41ClN4O4/c1-7-34(5)19-17-25-29(30(39)36(35(25)6)23-12-10-9-11-13-23)33-28(38)21-31(3,4)18-16-26(37)24-20-22(32)14-15-27(24)40-8-2/h9-15,20H,7-8,16-19,21H2,1-6H3,(H,33,38). The molecule has 0 fully saturated rings. The van der Waals surface area contributed by atoms with Crippen LogP contribution < -0.4 is 15.6 Å². The molecule has 0 spiro atoms. The Labute approximate surface area is 241 Å². The quantitative estimate of drug-likeness (QED) is 0.251. The molecule has 0 aliphatic rings. The lowest BCUT2D eigenvalue weighted by Gasteiger charge is -2.24. The largest absolute Gasteiger partial charge is 0.493 e. The number of Topliss-reactive ketones (excluding diaryl/α,β-unsaturated/α-hetero) is 1. The van der Waals surface area contributed by atoms with Crippen LogP contribution in [-0.4, -0.2) is 52.7 Å². The zero-order valence-electron chi connectivity index (χ0n) is 24.4. The lowest BCUT2D eigenvalue weighted by molar-refractivity contribution is -0.118. The predicted octanol–water partition coefficient (Wildman–Crippen LogP) is 5.74. The molecule has 2 aromatic carbocycles. The molecule has 3 rings (SSSR count). The molecule has 1 N–H and O–H groups in total. The fourth-order valence-electron chi connectivity index (χ4n) is 4.67. The van der Waals surface area contributed by atoms with Gasteiger partial charge in [0, 0.05) is 37.9 Å². The summed E-state index contributed by atoms with van der Waals surface area (Å²) >= 11 is 6.13. The summed E-state index contributed by atoms with van der Waals surface area (Å²) < 4.78 is 9.01. The van der Waals surface area contributed by atoms with E-state index in [0.717, 1.165) is 24.5 Å². The van der Waals surface area contributed by atoms with Gasteiger partial charge in [-0.2, -0.15) is 0 Å². The van der Waals surface area contributed by atoms with Crippen LogP contribution in [-0.2, 0) is 18.3 Å². The minimum absolute atomic E-state index is 0.0874. The number of ether oxygens (including phenoxy) is 1. The van der Waals surface area contributed by atoms with Gasteiger partial charge >= 0.3 is 0 Å². The van der Waals surface area contributed by atoms with Gasteiger partial charge in [-0.25, -0.2) is 4.68 Å². The molecule has 0 unspecified atom stereocenters. The number of rotatable bonds is 14. The second kappa shape index (κ2) is 13.8. The van der Waals surface area contributed by atoms with Crippen LogP contribution in [0.2, 0.25) is 5.02 Å². The molecule has 40 heavy (non-hydrogen) atoms. The van der Waals surface area contributed by atoms with Crippen LogP contribution in [0.25, 0.3) is 5.69 Å². The van der Waals surface area contributed by atoms with Crippen molar-refractivity contribution in [1.82, 2.24) is 14.3 Å². The number of nitrogens with zero attached hydrogens (tertiary/aromatic N) is 3. The van der Waals surface area contributed by atoms with Crippen LogP contribution in [0.3, 0.4) is 0 Å². The summed E-state index contributed by atoms with van der Waals surface area (Å²) in [4.78, 5) is 42.0. The summed E-state index contributed by atoms with van der Waals surface area (Å²) in [5, 5.41) is 3.39. The van der Waals surface area contributed by atoms with E-state index in [-0.39, 0.29) is 30.1 Å². The zero-order valence-corrected chi connectivity index (χ0v) is 25.2. The van der Waals surface area contributed by atoms with Crippen molar-refractivity contribution in [3.05, 3.63) is 75.2 Å². The first-order valence-corrected chi connectivity index (χ1v) is 14.2. The average molecular weight is 569 g/mol. The lowest BCUT2D eigenvalue weighted by atomic mass is 9.82. The lowest BCUT2D eigenvalue weighted by Crippen LogP contribution is -2.27. The van der Waals surface area contributed by atoms with Crippen LogP contribution in [0.4, 0.5) is 5.69 Å². The number of ketones is 1. The molecule has 0 saturated carbocycles. The molecule has 1 heterocycles. The van der Waals surface area contributed by atoms with Gasteiger partial charge in [-0.05, 0) is 62.7 Å². The van der Waals surface area contributed by atoms with Crippen molar-refractivity contribution in [1.29, 1.82) is 0 Å². The smallest absolute Gasteiger partial charge is 0.295 e. The molecule has 0 radical (unpaired) electrons. The number of anilines is 1. The van der Waals surface area contributed by atoms with Crippen molar-refractivity contribution in [3.8, 4) is 11.4 Å². The summed E-state index contributed by atoms with van der Waals surface area (Å²) in [5.74, 6) is 0.159. The summed E-state index contributed by atoms with van der Waals surface area (Å²) in [6, 6.07) is 14.4. The fraction of sp³-hybridized carbons (Fsp3) is 0.452. The first kappa shape index (κ1) is 31.2. The van der Waals surface area contributed by atoms with Gasteiger partial charge in [-0.15, -0.1) is 0 Å². The van der Waals surface area contributed by atoms with Gasteiger partial charge in [0.25, 0.3) is 5.56 Å².